The lowest BCUT2D eigenvalue weighted by molar-refractivity contribution is -0.143. The molecule has 0 unspecified atom stereocenters. The second-order valence-corrected chi connectivity index (χ2v) is 12.1. The normalized spacial score (nSPS) is 12.6. The maximum absolute atomic E-state index is 12.9. The number of fused-ring (bicyclic) bond motifs is 2. The molecule has 1 aliphatic heterocycles. The number of aromatic nitrogens is 4. The molecule has 6 aromatic rings. The zero-order valence-corrected chi connectivity index (χ0v) is 26.8. The van der Waals surface area contributed by atoms with Gasteiger partial charge in [-0.25, -0.2) is 15.0 Å². The molecular weight excluding hydrogens is 662 g/mol. The average molecular weight is 704 g/mol. The van der Waals surface area contributed by atoms with E-state index in [1.807, 2.05) is 54.6 Å². The van der Waals surface area contributed by atoms with Crippen LogP contribution in [0.15, 0.2) is 107 Å². The van der Waals surface area contributed by atoms with Gasteiger partial charge >= 0.3 is 11.9 Å². The maximum atomic E-state index is 12.9. The number of likely N-dealkylation sites (tertiary alicyclic amines) is 1. The summed E-state index contributed by atoms with van der Waals surface area (Å²) in [4.78, 5) is 60.4. The first-order chi connectivity index (χ1) is 24.2. The van der Waals surface area contributed by atoms with E-state index < -0.39 is 11.9 Å². The lowest BCUT2D eigenvalue weighted by Crippen LogP contribution is -2.40. The molecule has 1 saturated heterocycles. The fourth-order valence-corrected chi connectivity index (χ4v) is 6.14. The van der Waals surface area contributed by atoms with E-state index in [0.717, 1.165) is 27.6 Å². The molecule has 12 nitrogen and oxygen atoms in total. The number of piperidine rings is 1. The van der Waals surface area contributed by atoms with Crippen LogP contribution in [0.3, 0.4) is 0 Å². The minimum Gasteiger partial charge on any atom is -0.481 e. The maximum Gasteiger partial charge on any atom is 0.335 e. The van der Waals surface area contributed by atoms with Crippen molar-refractivity contribution in [3.63, 3.8) is 0 Å². The third-order valence-electron chi connectivity index (χ3n) is 8.77. The lowest BCUT2D eigenvalue weighted by Gasteiger charge is -2.30. The molecule has 2 aromatic heterocycles. The molecule has 4 N–H and O–H groups in total. The van der Waals surface area contributed by atoms with Crippen LogP contribution in [0.2, 0.25) is 0 Å². The molecule has 12 heteroatoms. The number of carboxylic acid groups (broad SMARTS) is 2. The summed E-state index contributed by atoms with van der Waals surface area (Å²) in [5.74, 6) is -2.21. The van der Waals surface area contributed by atoms with Gasteiger partial charge in [0.15, 0.2) is 0 Å². The van der Waals surface area contributed by atoms with Crippen LogP contribution in [-0.2, 0) is 17.6 Å². The van der Waals surface area contributed by atoms with Gasteiger partial charge in [0, 0.05) is 42.3 Å². The Kier molecular flexibility index (Phi) is 12.5. The van der Waals surface area contributed by atoms with Crippen LogP contribution < -0.4 is 11.1 Å². The highest BCUT2D eigenvalue weighted by molar-refractivity contribution is 5.94. The molecule has 0 aliphatic carbocycles. The van der Waals surface area contributed by atoms with Gasteiger partial charge in [0.2, 0.25) is 0 Å². The fourth-order valence-electron chi connectivity index (χ4n) is 6.14. The first kappa shape index (κ1) is 38.4. The molecule has 7 rings (SSSR count). The van der Waals surface area contributed by atoms with Crippen LogP contribution in [0.5, 0.6) is 0 Å². The molecule has 1 amide bonds. The number of nitrogens with one attached hydrogen (secondary N) is 2. The second-order valence-electron chi connectivity index (χ2n) is 12.1. The standard InChI is InChI=1S/C22H21N3O4.C16H12N2O3.2CH4/c26-20-18-7-2-1-6-17(18)19(23-24-20)13-14-4-3-5-16(12-14)21(27)25-10-8-15(9-11-25)22(28)29;19-15-13-7-2-1-6-12(13)14(17-18-15)9-10-4-3-5-11(8-10)16(20)21;;/h1-7,12,15H,8-11,13H2,(H,24,26)(H,28,29);1-8H,9H2,(H,18,19)(H,20,21);2*1H4. The summed E-state index contributed by atoms with van der Waals surface area (Å²) in [7, 11) is 0. The highest BCUT2D eigenvalue weighted by Crippen LogP contribution is 2.22. The van der Waals surface area contributed by atoms with Gasteiger partial charge in [0.1, 0.15) is 0 Å². The monoisotopic (exact) mass is 703 g/mol. The largest absolute Gasteiger partial charge is 0.481 e. The van der Waals surface area contributed by atoms with Gasteiger partial charge in [-0.1, -0.05) is 75.5 Å². The molecule has 3 heterocycles. The Morgan fingerprint density at radius 1 is 0.635 bits per heavy atom. The predicted octanol–water partition coefficient (Wildman–Crippen LogP) is 5.94. The average Bonchev–Trinajstić information content (AvgIpc) is 3.14. The summed E-state index contributed by atoms with van der Waals surface area (Å²) in [6.07, 6.45) is 1.90. The third-order valence-corrected chi connectivity index (χ3v) is 8.77. The summed E-state index contributed by atoms with van der Waals surface area (Å²) in [6.45, 7) is 0.901. The van der Waals surface area contributed by atoms with E-state index in [1.54, 1.807) is 47.4 Å². The Bertz CT molecular complexity index is 2340. The number of H-pyrrole nitrogens is 2. The van der Waals surface area contributed by atoms with Crippen molar-refractivity contribution in [3.8, 4) is 0 Å². The van der Waals surface area contributed by atoms with Crippen LogP contribution >= 0.6 is 0 Å². The molecule has 0 bridgehead atoms. The molecule has 1 fully saturated rings. The summed E-state index contributed by atoms with van der Waals surface area (Å²) in [6, 6.07) is 28.6. The van der Waals surface area contributed by atoms with Crippen molar-refractivity contribution in [2.45, 2.75) is 40.5 Å². The second kappa shape index (κ2) is 17.0. The number of hydrogen-bond acceptors (Lipinski definition) is 7. The van der Waals surface area contributed by atoms with Crippen molar-refractivity contribution in [3.05, 3.63) is 151 Å². The molecule has 0 spiro atoms. The van der Waals surface area contributed by atoms with Gasteiger partial charge in [-0.2, -0.15) is 10.2 Å². The van der Waals surface area contributed by atoms with Crippen LogP contribution in [0.4, 0.5) is 0 Å². The minimum atomic E-state index is -0.962. The van der Waals surface area contributed by atoms with E-state index in [1.165, 1.54) is 0 Å². The molecule has 0 saturated carbocycles. The summed E-state index contributed by atoms with van der Waals surface area (Å²) in [5, 5.41) is 34.2. The summed E-state index contributed by atoms with van der Waals surface area (Å²) < 4.78 is 0. The molecular formula is C40H41N5O7. The van der Waals surface area contributed by atoms with E-state index >= 15 is 0 Å². The number of aliphatic carboxylic acids is 1. The molecule has 1 aliphatic rings. The SMILES string of the molecule is C.C.O=C(O)C1CCN(C(=O)c2cccc(Cc3n[nH]c(=O)c4ccccc34)c2)CC1.O=C(O)c1cccc(Cc2n[nH]c(=O)c3ccccc23)c1. The topological polar surface area (TPSA) is 186 Å². The lowest BCUT2D eigenvalue weighted by atomic mass is 9.96. The van der Waals surface area contributed by atoms with Crippen molar-refractivity contribution in [1.29, 1.82) is 0 Å². The summed E-state index contributed by atoms with van der Waals surface area (Å²) >= 11 is 0. The number of aromatic carboxylic acids is 1. The Balaban J connectivity index is 0.000000235. The quantitative estimate of drug-likeness (QED) is 0.156. The number of carboxylic acids is 2. The fraction of sp³-hybridized carbons (Fsp3) is 0.225. The van der Waals surface area contributed by atoms with Crippen LogP contribution in [0.1, 0.15) is 70.9 Å². The van der Waals surface area contributed by atoms with Gasteiger partial charge in [-0.3, -0.25) is 19.2 Å². The van der Waals surface area contributed by atoms with Gasteiger partial charge < -0.3 is 15.1 Å². The Morgan fingerprint density at radius 3 is 1.54 bits per heavy atom. The van der Waals surface area contributed by atoms with Gasteiger partial charge in [-0.15, -0.1) is 0 Å². The number of carbonyl (C=O) groups is 3. The highest BCUT2D eigenvalue weighted by Gasteiger charge is 2.27. The summed E-state index contributed by atoms with van der Waals surface area (Å²) in [5.41, 5.74) is 3.57. The zero-order chi connectivity index (χ0) is 35.2. The molecule has 0 atom stereocenters. The number of nitrogens with zero attached hydrogens (tertiary/aromatic N) is 3. The van der Waals surface area contributed by atoms with Gasteiger partial charge in [0.25, 0.3) is 17.0 Å². The predicted molar refractivity (Wildman–Crippen MR) is 200 cm³/mol. The smallest absolute Gasteiger partial charge is 0.335 e. The van der Waals surface area contributed by atoms with Crippen LogP contribution in [0.25, 0.3) is 21.5 Å². The molecule has 0 radical (unpaired) electrons. The van der Waals surface area contributed by atoms with Gasteiger partial charge in [-0.05, 0) is 60.4 Å². The Hall–Kier alpha value is -6.43. The number of aromatic amines is 2. The van der Waals surface area contributed by atoms with Crippen molar-refractivity contribution in [1.82, 2.24) is 25.3 Å². The molecule has 268 valence electrons. The van der Waals surface area contributed by atoms with Crippen molar-refractivity contribution in [2.75, 3.05) is 13.1 Å². The first-order valence-corrected chi connectivity index (χ1v) is 16.0. The highest BCUT2D eigenvalue weighted by atomic mass is 16.4. The molecule has 4 aromatic carbocycles. The van der Waals surface area contributed by atoms with Crippen molar-refractivity contribution in [2.24, 2.45) is 5.92 Å². The van der Waals surface area contributed by atoms with Crippen LogP contribution in [-0.4, -0.2) is 66.4 Å². The number of benzene rings is 4. The molecule has 52 heavy (non-hydrogen) atoms. The Morgan fingerprint density at radius 2 is 1.08 bits per heavy atom. The van der Waals surface area contributed by atoms with Crippen molar-refractivity contribution >= 4 is 39.4 Å². The zero-order valence-electron chi connectivity index (χ0n) is 26.8. The van der Waals surface area contributed by atoms with Crippen molar-refractivity contribution < 1.29 is 24.6 Å². The Labute approximate surface area is 299 Å². The van der Waals surface area contributed by atoms with E-state index in [0.29, 0.717) is 60.8 Å². The van der Waals surface area contributed by atoms with E-state index in [-0.39, 0.29) is 43.4 Å². The minimum absolute atomic E-state index is 0. The van der Waals surface area contributed by atoms with E-state index in [2.05, 4.69) is 20.4 Å². The third kappa shape index (κ3) is 8.64. The van der Waals surface area contributed by atoms with E-state index in [4.69, 9.17) is 10.2 Å². The number of hydrogen-bond donors (Lipinski definition) is 4. The van der Waals surface area contributed by atoms with Crippen LogP contribution in [0, 0.1) is 5.92 Å². The van der Waals surface area contributed by atoms with Gasteiger partial charge in [0.05, 0.1) is 33.6 Å². The number of rotatable bonds is 7. The first-order valence-electron chi connectivity index (χ1n) is 16.0. The number of amides is 1. The van der Waals surface area contributed by atoms with E-state index in [9.17, 15) is 24.0 Å². The number of carbonyl (C=O) groups excluding carboxylic acids is 1.